The molecular weight excluding hydrogens is 358 g/mol. The van der Waals surface area contributed by atoms with E-state index in [0.717, 1.165) is 13.0 Å². The molecule has 4 nitrogen and oxygen atoms in total. The van der Waals surface area contributed by atoms with Crippen molar-refractivity contribution in [1.29, 1.82) is 0 Å². The normalized spacial score (nSPS) is 9.00. The summed E-state index contributed by atoms with van der Waals surface area (Å²) in [7, 11) is 0. The average molecular weight is 386 g/mol. The Hall–Kier alpha value is 0.00338. The summed E-state index contributed by atoms with van der Waals surface area (Å²) in [5, 5.41) is 21.0. The molecule has 7 heteroatoms. The molecule has 0 amide bonds. The van der Waals surface area contributed by atoms with E-state index in [0.29, 0.717) is 0 Å². The van der Waals surface area contributed by atoms with Gasteiger partial charge in [-0.1, -0.05) is 89.1 Å². The molecule has 0 atom stereocenters. The van der Waals surface area contributed by atoms with Gasteiger partial charge in [-0.3, -0.25) is 0 Å². The van der Waals surface area contributed by atoms with Gasteiger partial charge in [0.1, 0.15) is 0 Å². The molecule has 120 valence electrons. The van der Waals surface area contributed by atoms with Gasteiger partial charge in [0.25, 0.3) is 0 Å². The molecule has 0 spiro atoms. The Bertz CT molecular complexity index is 241. The maximum absolute atomic E-state index is 10.4. The van der Waals surface area contributed by atoms with Crippen molar-refractivity contribution in [2.24, 2.45) is 5.73 Å². The molecule has 0 fully saturated rings. The van der Waals surface area contributed by atoms with Crippen LogP contribution in [0.2, 0.25) is 0 Å². The quantitative estimate of drug-likeness (QED) is 0.320. The zero-order valence-corrected chi connectivity index (χ0v) is 17.8. The van der Waals surface area contributed by atoms with E-state index < -0.39 is 5.17 Å². The minimum Gasteiger partial charge on any atom is -0.852 e. The van der Waals surface area contributed by atoms with Crippen LogP contribution in [0.5, 0.6) is 0 Å². The third kappa shape index (κ3) is 38.3. The minimum absolute atomic E-state index is 0. The van der Waals surface area contributed by atoms with Gasteiger partial charge in [-0.05, 0) is 6.42 Å². The molecule has 0 aliphatic rings. The van der Waals surface area contributed by atoms with Crippen molar-refractivity contribution in [3.63, 3.8) is 0 Å². The number of hydrogen-bond acceptors (Lipinski definition) is 4. The molecule has 0 aliphatic heterocycles. The Morgan fingerprint density at radius 1 is 0.857 bits per heavy atom. The predicted octanol–water partition coefficient (Wildman–Crippen LogP) is 1.73. The Kier molecular flexibility index (Phi) is 27.5. The van der Waals surface area contributed by atoms with Crippen molar-refractivity contribution < 1.29 is 29.7 Å². The molecule has 0 saturated heterocycles. The van der Waals surface area contributed by atoms with E-state index in [4.69, 9.17) is 5.11 Å². The maximum Gasteiger partial charge on any atom is 2.00 e. The standard InChI is InChI=1S/C13H27NOS.CH3NOS.Zn/c1-2-3-4-5-6-7-8-9-10-11-12-14-13(15)16;2-1(3)4;/h2-12H2,1H3,(H2,14,15,16);(H3,2,3,4);/q;;+2/p-2. The molecule has 0 aromatic heterocycles. The van der Waals surface area contributed by atoms with Crippen LogP contribution in [0.25, 0.3) is 0 Å². The smallest absolute Gasteiger partial charge is 0.852 e. The zero-order chi connectivity index (χ0) is 15.6. The van der Waals surface area contributed by atoms with Crippen LogP contribution in [-0.4, -0.2) is 16.9 Å². The van der Waals surface area contributed by atoms with Gasteiger partial charge in [-0.2, -0.15) is 0 Å². The third-order valence-corrected chi connectivity index (χ3v) is 2.94. The summed E-state index contributed by atoms with van der Waals surface area (Å²) in [6.45, 7) is 3.00. The molecule has 0 rings (SSSR count). The van der Waals surface area contributed by atoms with Gasteiger partial charge in [0.2, 0.25) is 0 Å². The van der Waals surface area contributed by atoms with Gasteiger partial charge in [0.15, 0.2) is 0 Å². The van der Waals surface area contributed by atoms with E-state index in [9.17, 15) is 5.11 Å². The molecule has 0 saturated carbocycles. The fraction of sp³-hybridized carbons (Fsp3) is 0.857. The van der Waals surface area contributed by atoms with Gasteiger partial charge in [0, 0.05) is 16.9 Å². The van der Waals surface area contributed by atoms with E-state index in [2.05, 4.69) is 42.4 Å². The monoisotopic (exact) mass is 384 g/mol. The molecule has 0 unspecified atom stereocenters. The molecule has 0 aromatic carbocycles. The second-order valence-corrected chi connectivity index (χ2v) is 5.49. The molecular formula is C14H28N2O2S2Zn. The van der Waals surface area contributed by atoms with Gasteiger partial charge in [-0.15, -0.1) is 0 Å². The fourth-order valence-corrected chi connectivity index (χ4v) is 1.90. The van der Waals surface area contributed by atoms with E-state index in [1.54, 1.807) is 0 Å². The van der Waals surface area contributed by atoms with E-state index in [-0.39, 0.29) is 24.7 Å². The van der Waals surface area contributed by atoms with Crippen molar-refractivity contribution in [3.8, 4) is 0 Å². The molecule has 3 N–H and O–H groups in total. The number of rotatable bonds is 11. The number of hydrogen-bond donors (Lipinski definition) is 2. The van der Waals surface area contributed by atoms with Crippen molar-refractivity contribution in [1.82, 2.24) is 5.32 Å². The number of nitrogens with one attached hydrogen (secondary N) is 1. The first-order valence-corrected chi connectivity index (χ1v) is 8.23. The van der Waals surface area contributed by atoms with E-state index >= 15 is 0 Å². The van der Waals surface area contributed by atoms with Gasteiger partial charge in [-0.25, -0.2) is 0 Å². The first-order valence-electron chi connectivity index (χ1n) is 7.42. The molecule has 21 heavy (non-hydrogen) atoms. The van der Waals surface area contributed by atoms with Crippen LogP contribution in [0.3, 0.4) is 0 Å². The fourth-order valence-electron chi connectivity index (χ4n) is 1.80. The van der Waals surface area contributed by atoms with Crippen LogP contribution in [0.1, 0.15) is 71.1 Å². The van der Waals surface area contributed by atoms with Crippen LogP contribution in [0.15, 0.2) is 0 Å². The second kappa shape index (κ2) is 22.3. The average Bonchev–Trinajstić information content (AvgIpc) is 2.35. The Labute approximate surface area is 153 Å². The first-order chi connectivity index (χ1) is 9.50. The van der Waals surface area contributed by atoms with Crippen molar-refractivity contribution in [2.75, 3.05) is 6.54 Å². The zero-order valence-electron chi connectivity index (χ0n) is 13.2. The van der Waals surface area contributed by atoms with Gasteiger partial charge in [0.05, 0.1) is 0 Å². The Balaban J connectivity index is -0.000000572. The molecule has 0 heterocycles. The largest absolute Gasteiger partial charge is 2.00 e. The van der Waals surface area contributed by atoms with Crippen LogP contribution in [0, 0.1) is 0 Å². The number of thiocarbonyl (C=S) groups is 2. The first kappa shape index (κ1) is 25.9. The van der Waals surface area contributed by atoms with Crippen LogP contribution >= 0.6 is 24.4 Å². The van der Waals surface area contributed by atoms with E-state index in [1.807, 2.05) is 0 Å². The summed E-state index contributed by atoms with van der Waals surface area (Å²) in [6, 6.07) is 0. The summed E-state index contributed by atoms with van der Waals surface area (Å²) >= 11 is 8.16. The topological polar surface area (TPSA) is 84.2 Å². The number of nitrogens with two attached hydrogens (primary N) is 1. The summed E-state index contributed by atoms with van der Waals surface area (Å²) in [4.78, 5) is 0. The third-order valence-electron chi connectivity index (χ3n) is 2.80. The summed E-state index contributed by atoms with van der Waals surface area (Å²) < 4.78 is 0. The van der Waals surface area contributed by atoms with Crippen molar-refractivity contribution >= 4 is 34.8 Å². The summed E-state index contributed by atoms with van der Waals surface area (Å²) in [5.74, 6) is 0. The van der Waals surface area contributed by atoms with Crippen LogP contribution < -0.4 is 21.3 Å². The Morgan fingerprint density at radius 2 is 1.19 bits per heavy atom. The van der Waals surface area contributed by atoms with Crippen molar-refractivity contribution in [2.45, 2.75) is 71.1 Å². The molecule has 0 radical (unpaired) electrons. The molecule has 0 aliphatic carbocycles. The minimum atomic E-state index is -0.750. The van der Waals surface area contributed by atoms with Gasteiger partial charge >= 0.3 is 19.5 Å². The maximum atomic E-state index is 10.4. The predicted molar refractivity (Wildman–Crippen MR) is 89.2 cm³/mol. The van der Waals surface area contributed by atoms with E-state index in [1.165, 1.54) is 57.8 Å². The summed E-state index contributed by atoms with van der Waals surface area (Å²) in [6.07, 6.45) is 13.2. The number of unbranched alkanes of at least 4 members (excludes halogenated alkanes) is 9. The van der Waals surface area contributed by atoms with Crippen LogP contribution in [-0.2, 0) is 19.5 Å². The Morgan fingerprint density at radius 3 is 1.52 bits per heavy atom. The summed E-state index contributed by atoms with van der Waals surface area (Å²) in [5.41, 5.74) is 4.29. The van der Waals surface area contributed by atoms with Crippen molar-refractivity contribution in [3.05, 3.63) is 0 Å². The molecule has 0 aromatic rings. The SMILES string of the molecule is CCCCCCCCCCCCNC([O-])=S.NC([O-])=S.[Zn+2]. The molecule has 0 bridgehead atoms. The van der Waals surface area contributed by atoms with Gasteiger partial charge < -0.3 is 21.3 Å². The second-order valence-electron chi connectivity index (χ2n) is 4.72. The van der Waals surface area contributed by atoms with Crippen LogP contribution in [0.4, 0.5) is 0 Å².